The van der Waals surface area contributed by atoms with E-state index in [0.29, 0.717) is 0 Å². The van der Waals surface area contributed by atoms with Crippen molar-refractivity contribution in [2.75, 3.05) is 13.6 Å². The highest BCUT2D eigenvalue weighted by atomic mass is 16.5. The van der Waals surface area contributed by atoms with Crippen LogP contribution in [0.4, 0.5) is 0 Å². The van der Waals surface area contributed by atoms with Crippen LogP contribution in [0.2, 0.25) is 0 Å². The van der Waals surface area contributed by atoms with Crippen LogP contribution in [0.3, 0.4) is 0 Å². The van der Waals surface area contributed by atoms with Crippen LogP contribution in [0.15, 0.2) is 10.1 Å². The van der Waals surface area contributed by atoms with Gasteiger partial charge in [-0.2, -0.15) is 0 Å². The fourth-order valence-corrected chi connectivity index (χ4v) is 1.27. The van der Waals surface area contributed by atoms with E-state index in [1.54, 1.807) is 0 Å². The van der Waals surface area contributed by atoms with Gasteiger partial charge in [0.15, 0.2) is 0 Å². The Balaban J connectivity index is 2.89. The first kappa shape index (κ1) is 9.99. The molecule has 72 valence electrons. The van der Waals surface area contributed by atoms with E-state index in [-0.39, 0.29) is 0 Å². The van der Waals surface area contributed by atoms with Gasteiger partial charge in [0.25, 0.3) is 0 Å². The second-order valence-corrected chi connectivity index (χ2v) is 3.26. The number of hydrogen-bond donors (Lipinski definition) is 1. The molecule has 1 aromatic heterocycles. The maximum Gasteiger partial charge on any atom is 0.141 e. The Labute approximate surface area is 78.8 Å². The number of nitrogens with zero attached hydrogens (tertiary/aromatic N) is 1. The summed E-state index contributed by atoms with van der Waals surface area (Å²) in [6.45, 7) is 6.86. The Kier molecular flexibility index (Phi) is 3.25. The van der Waals surface area contributed by atoms with Crippen LogP contribution in [0, 0.1) is 13.8 Å². The molecule has 0 aliphatic carbocycles. The Bertz CT molecular complexity index is 293. The molecule has 1 N–H and O–H groups in total. The minimum absolute atomic E-state index is 0.882. The predicted octanol–water partition coefficient (Wildman–Crippen LogP) is 1.91. The largest absolute Gasteiger partial charge is 0.361 e. The minimum Gasteiger partial charge on any atom is -0.361 e. The summed E-state index contributed by atoms with van der Waals surface area (Å²) in [6.07, 6.45) is 2.11. The molecule has 0 bridgehead atoms. The normalized spacial score (nSPS) is 12.2. The number of nitrogens with one attached hydrogen (secondary N) is 1. The first-order valence-corrected chi connectivity index (χ1v) is 4.39. The molecular weight excluding hydrogens is 164 g/mol. The van der Waals surface area contributed by atoms with Crippen LogP contribution in [-0.2, 0) is 0 Å². The molecule has 0 saturated carbocycles. The summed E-state index contributed by atoms with van der Waals surface area (Å²) in [5.41, 5.74) is 3.33. The predicted molar refractivity (Wildman–Crippen MR) is 53.6 cm³/mol. The SMILES string of the molecule is CNCC(C)=Cc1c(C)noc1C. The molecule has 3 heteroatoms. The third kappa shape index (κ3) is 2.42. The lowest BCUT2D eigenvalue weighted by Crippen LogP contribution is -2.08. The van der Waals surface area contributed by atoms with E-state index in [4.69, 9.17) is 4.52 Å². The van der Waals surface area contributed by atoms with Gasteiger partial charge in [0.2, 0.25) is 0 Å². The van der Waals surface area contributed by atoms with E-state index in [9.17, 15) is 0 Å². The van der Waals surface area contributed by atoms with Crippen LogP contribution in [0.5, 0.6) is 0 Å². The summed E-state index contributed by atoms with van der Waals surface area (Å²) in [5.74, 6) is 0.882. The molecular formula is C10H16N2O. The van der Waals surface area contributed by atoms with Crippen molar-refractivity contribution < 1.29 is 4.52 Å². The summed E-state index contributed by atoms with van der Waals surface area (Å²) >= 11 is 0. The number of rotatable bonds is 3. The summed E-state index contributed by atoms with van der Waals surface area (Å²) in [6, 6.07) is 0. The van der Waals surface area contributed by atoms with E-state index < -0.39 is 0 Å². The van der Waals surface area contributed by atoms with Gasteiger partial charge in [-0.05, 0) is 33.9 Å². The van der Waals surface area contributed by atoms with Crippen molar-refractivity contribution in [3.8, 4) is 0 Å². The summed E-state index contributed by atoms with van der Waals surface area (Å²) in [4.78, 5) is 0. The van der Waals surface area contributed by atoms with Gasteiger partial charge in [-0.15, -0.1) is 0 Å². The van der Waals surface area contributed by atoms with Gasteiger partial charge in [-0.25, -0.2) is 0 Å². The zero-order valence-corrected chi connectivity index (χ0v) is 8.64. The molecule has 3 nitrogen and oxygen atoms in total. The molecule has 1 rings (SSSR count). The van der Waals surface area contributed by atoms with Gasteiger partial charge in [0.05, 0.1) is 5.69 Å². The number of likely N-dealkylation sites (N-methyl/N-ethyl adjacent to an activating group) is 1. The maximum atomic E-state index is 5.06. The third-order valence-corrected chi connectivity index (χ3v) is 1.93. The lowest BCUT2D eigenvalue weighted by atomic mass is 10.1. The third-order valence-electron chi connectivity index (χ3n) is 1.93. The molecule has 0 atom stereocenters. The zero-order chi connectivity index (χ0) is 9.84. The van der Waals surface area contributed by atoms with Crippen LogP contribution in [-0.4, -0.2) is 18.7 Å². The first-order valence-electron chi connectivity index (χ1n) is 4.39. The average Bonchev–Trinajstić information content (AvgIpc) is 2.36. The minimum atomic E-state index is 0.882. The van der Waals surface area contributed by atoms with Crippen LogP contribution in [0.25, 0.3) is 6.08 Å². The standard InChI is InChI=1S/C10H16N2O/c1-7(6-11-4)5-10-8(2)12-13-9(10)3/h5,11H,6H2,1-4H3. The number of aromatic nitrogens is 1. The van der Waals surface area contributed by atoms with Gasteiger partial charge < -0.3 is 9.84 Å². The first-order chi connectivity index (χ1) is 6.15. The van der Waals surface area contributed by atoms with E-state index in [1.807, 2.05) is 20.9 Å². The van der Waals surface area contributed by atoms with Crippen LogP contribution >= 0.6 is 0 Å². The quantitative estimate of drug-likeness (QED) is 0.772. The Morgan fingerprint density at radius 1 is 1.54 bits per heavy atom. The van der Waals surface area contributed by atoms with Gasteiger partial charge in [0, 0.05) is 12.1 Å². The smallest absolute Gasteiger partial charge is 0.141 e. The van der Waals surface area contributed by atoms with Crippen molar-refractivity contribution in [2.24, 2.45) is 0 Å². The molecule has 0 unspecified atom stereocenters. The Hall–Kier alpha value is -1.09. The Morgan fingerprint density at radius 3 is 2.69 bits per heavy atom. The van der Waals surface area contributed by atoms with Gasteiger partial charge in [0.1, 0.15) is 5.76 Å². The van der Waals surface area contributed by atoms with Crippen molar-refractivity contribution in [3.05, 3.63) is 22.6 Å². The highest BCUT2D eigenvalue weighted by molar-refractivity contribution is 5.56. The monoisotopic (exact) mass is 180 g/mol. The van der Waals surface area contributed by atoms with E-state index >= 15 is 0 Å². The summed E-state index contributed by atoms with van der Waals surface area (Å²) < 4.78 is 5.06. The number of hydrogen-bond acceptors (Lipinski definition) is 3. The molecule has 1 heterocycles. The molecule has 0 amide bonds. The maximum absolute atomic E-state index is 5.06. The van der Waals surface area contributed by atoms with Crippen molar-refractivity contribution in [1.29, 1.82) is 0 Å². The highest BCUT2D eigenvalue weighted by Crippen LogP contribution is 2.15. The second-order valence-electron chi connectivity index (χ2n) is 3.26. The van der Waals surface area contributed by atoms with Gasteiger partial charge in [-0.1, -0.05) is 10.7 Å². The van der Waals surface area contributed by atoms with Crippen molar-refractivity contribution in [1.82, 2.24) is 10.5 Å². The molecule has 1 aromatic rings. The average molecular weight is 180 g/mol. The zero-order valence-electron chi connectivity index (χ0n) is 8.64. The molecule has 0 radical (unpaired) electrons. The molecule has 0 aromatic carbocycles. The topological polar surface area (TPSA) is 38.1 Å². The van der Waals surface area contributed by atoms with Gasteiger partial charge in [-0.3, -0.25) is 0 Å². The molecule has 0 fully saturated rings. The molecule has 0 aliphatic heterocycles. The summed E-state index contributed by atoms with van der Waals surface area (Å²) in [5, 5.41) is 6.99. The molecule has 0 saturated heterocycles. The fourth-order valence-electron chi connectivity index (χ4n) is 1.27. The summed E-state index contributed by atoms with van der Waals surface area (Å²) in [7, 11) is 1.94. The molecule has 0 spiro atoms. The lowest BCUT2D eigenvalue weighted by molar-refractivity contribution is 0.393. The van der Waals surface area contributed by atoms with Gasteiger partial charge >= 0.3 is 0 Å². The van der Waals surface area contributed by atoms with E-state index in [2.05, 4.69) is 23.5 Å². The second kappa shape index (κ2) is 4.23. The molecule has 0 aliphatic rings. The molecule has 13 heavy (non-hydrogen) atoms. The highest BCUT2D eigenvalue weighted by Gasteiger charge is 2.05. The van der Waals surface area contributed by atoms with E-state index in [0.717, 1.165) is 23.6 Å². The lowest BCUT2D eigenvalue weighted by Gasteiger charge is -1.98. The van der Waals surface area contributed by atoms with E-state index in [1.165, 1.54) is 5.57 Å². The van der Waals surface area contributed by atoms with Crippen LogP contribution in [0.1, 0.15) is 23.9 Å². The van der Waals surface area contributed by atoms with Crippen molar-refractivity contribution in [2.45, 2.75) is 20.8 Å². The van der Waals surface area contributed by atoms with Crippen molar-refractivity contribution in [3.63, 3.8) is 0 Å². The Morgan fingerprint density at radius 2 is 2.23 bits per heavy atom. The van der Waals surface area contributed by atoms with Crippen LogP contribution < -0.4 is 5.32 Å². The number of aryl methyl sites for hydroxylation is 2. The van der Waals surface area contributed by atoms with Crippen molar-refractivity contribution >= 4 is 6.08 Å². The fraction of sp³-hybridized carbons (Fsp3) is 0.500.